The summed E-state index contributed by atoms with van der Waals surface area (Å²) in [6.07, 6.45) is 4.36. The number of carbonyl (C=O) groups is 1. The number of hydrazone groups is 1. The molecule has 0 radical (unpaired) electrons. The summed E-state index contributed by atoms with van der Waals surface area (Å²) in [5.74, 6) is 0.332. The van der Waals surface area contributed by atoms with Gasteiger partial charge in [-0.25, -0.2) is 5.01 Å². The number of likely N-dealkylation sites (tertiary alicyclic amines) is 1. The van der Waals surface area contributed by atoms with Crippen LogP contribution in [0.5, 0.6) is 0 Å². The fourth-order valence-corrected chi connectivity index (χ4v) is 4.94. The minimum absolute atomic E-state index is 0.00847. The first kappa shape index (κ1) is 20.1. The summed E-state index contributed by atoms with van der Waals surface area (Å²) >= 11 is 7.04. The van der Waals surface area contributed by atoms with Crippen LogP contribution >= 0.6 is 24.0 Å². The maximum Gasteiger partial charge on any atom is 0.253 e. The van der Waals surface area contributed by atoms with Crippen LogP contribution in [0.25, 0.3) is 0 Å². The van der Waals surface area contributed by atoms with E-state index >= 15 is 0 Å². The van der Waals surface area contributed by atoms with Gasteiger partial charge in [0.25, 0.3) is 5.91 Å². The predicted octanol–water partition coefficient (Wildman–Crippen LogP) is 4.87. The number of piperidine rings is 1. The van der Waals surface area contributed by atoms with E-state index in [-0.39, 0.29) is 11.9 Å². The molecule has 0 spiro atoms. The Bertz CT molecular complexity index is 880. The molecular weight excluding hydrogens is 398 g/mol. The van der Waals surface area contributed by atoms with E-state index in [1.54, 1.807) is 5.01 Å². The van der Waals surface area contributed by atoms with Gasteiger partial charge in [-0.1, -0.05) is 84.6 Å². The molecule has 1 fully saturated rings. The topological polar surface area (TPSA) is 35.9 Å². The van der Waals surface area contributed by atoms with Crippen molar-refractivity contribution >= 4 is 39.9 Å². The van der Waals surface area contributed by atoms with E-state index in [1.807, 2.05) is 36.4 Å². The van der Waals surface area contributed by atoms with Crippen LogP contribution in [0.15, 0.2) is 65.8 Å². The number of amides is 1. The van der Waals surface area contributed by atoms with E-state index in [4.69, 9.17) is 17.3 Å². The van der Waals surface area contributed by atoms with E-state index < -0.39 is 0 Å². The molecular formula is C23H25N3OS2. The van der Waals surface area contributed by atoms with Crippen LogP contribution in [0.2, 0.25) is 0 Å². The number of hydrogen-bond donors (Lipinski definition) is 0. The van der Waals surface area contributed by atoms with Gasteiger partial charge < -0.3 is 4.90 Å². The van der Waals surface area contributed by atoms with Gasteiger partial charge in [0, 0.05) is 19.5 Å². The predicted molar refractivity (Wildman–Crippen MR) is 124 cm³/mol. The van der Waals surface area contributed by atoms with Gasteiger partial charge >= 0.3 is 0 Å². The van der Waals surface area contributed by atoms with Crippen LogP contribution in [0, 0.1) is 0 Å². The Kier molecular flexibility index (Phi) is 6.62. The summed E-state index contributed by atoms with van der Waals surface area (Å²) in [6.45, 7) is 2.01. The van der Waals surface area contributed by atoms with E-state index in [1.165, 1.54) is 31.0 Å². The van der Waals surface area contributed by atoms with Crippen molar-refractivity contribution in [1.29, 1.82) is 0 Å². The maximum absolute atomic E-state index is 13.1. The highest BCUT2D eigenvalue weighted by atomic mass is 32.2. The van der Waals surface area contributed by atoms with Crippen molar-refractivity contribution in [2.24, 2.45) is 5.10 Å². The van der Waals surface area contributed by atoms with Crippen LogP contribution in [0.1, 0.15) is 42.9 Å². The van der Waals surface area contributed by atoms with Crippen LogP contribution in [0.3, 0.4) is 0 Å². The SMILES string of the molecule is O=C(CSC(=S)N1CCCCC1)N1N=C(c2ccccc2)C[C@H]1c1ccccc1. The van der Waals surface area contributed by atoms with Crippen LogP contribution in [-0.2, 0) is 4.79 Å². The zero-order valence-corrected chi connectivity index (χ0v) is 18.0. The summed E-state index contributed by atoms with van der Waals surface area (Å²) in [4.78, 5) is 15.3. The van der Waals surface area contributed by atoms with Crippen molar-refractivity contribution in [2.75, 3.05) is 18.8 Å². The molecule has 0 unspecified atom stereocenters. The fourth-order valence-electron chi connectivity index (χ4n) is 3.84. The van der Waals surface area contributed by atoms with E-state index in [9.17, 15) is 4.79 Å². The lowest BCUT2D eigenvalue weighted by Gasteiger charge is -2.29. The Hall–Kier alpha value is -2.18. The first-order valence-corrected chi connectivity index (χ1v) is 11.5. The lowest BCUT2D eigenvalue weighted by Crippen LogP contribution is -2.34. The van der Waals surface area contributed by atoms with Crippen molar-refractivity contribution in [2.45, 2.75) is 31.7 Å². The van der Waals surface area contributed by atoms with E-state index in [2.05, 4.69) is 29.2 Å². The molecule has 2 aromatic rings. The zero-order chi connectivity index (χ0) is 20.1. The molecule has 0 aromatic heterocycles. The van der Waals surface area contributed by atoms with Gasteiger partial charge in [0.1, 0.15) is 4.32 Å². The van der Waals surface area contributed by atoms with Gasteiger partial charge in [0.15, 0.2) is 0 Å². The highest BCUT2D eigenvalue weighted by molar-refractivity contribution is 8.23. The summed E-state index contributed by atoms with van der Waals surface area (Å²) in [6, 6.07) is 20.2. The molecule has 2 aromatic carbocycles. The van der Waals surface area contributed by atoms with E-state index in [0.29, 0.717) is 5.75 Å². The Morgan fingerprint density at radius 2 is 1.66 bits per heavy atom. The maximum atomic E-state index is 13.1. The summed E-state index contributed by atoms with van der Waals surface area (Å²) in [7, 11) is 0. The third-order valence-corrected chi connectivity index (χ3v) is 6.90. The number of thiocarbonyl (C=S) groups is 1. The Morgan fingerprint density at radius 1 is 1.00 bits per heavy atom. The third-order valence-electron chi connectivity index (χ3n) is 5.39. The second-order valence-electron chi connectivity index (χ2n) is 7.38. The highest BCUT2D eigenvalue weighted by Gasteiger charge is 2.33. The number of hydrogen-bond acceptors (Lipinski definition) is 4. The van der Waals surface area contributed by atoms with Crippen molar-refractivity contribution < 1.29 is 4.79 Å². The van der Waals surface area contributed by atoms with Gasteiger partial charge in [-0.3, -0.25) is 4.79 Å². The van der Waals surface area contributed by atoms with Gasteiger partial charge in [-0.2, -0.15) is 5.10 Å². The molecule has 2 aliphatic heterocycles. The normalized spacial score (nSPS) is 19.2. The zero-order valence-electron chi connectivity index (χ0n) is 16.4. The number of nitrogens with zero attached hydrogens (tertiary/aromatic N) is 3. The quantitative estimate of drug-likeness (QED) is 0.658. The molecule has 29 heavy (non-hydrogen) atoms. The van der Waals surface area contributed by atoms with Gasteiger partial charge in [-0.05, 0) is 30.4 Å². The molecule has 0 saturated carbocycles. The lowest BCUT2D eigenvalue weighted by molar-refractivity contribution is -0.130. The summed E-state index contributed by atoms with van der Waals surface area (Å²) < 4.78 is 0.834. The molecule has 0 N–H and O–H groups in total. The van der Waals surface area contributed by atoms with E-state index in [0.717, 1.165) is 40.7 Å². The van der Waals surface area contributed by atoms with Crippen molar-refractivity contribution in [3.8, 4) is 0 Å². The highest BCUT2D eigenvalue weighted by Crippen LogP contribution is 2.33. The lowest BCUT2D eigenvalue weighted by atomic mass is 9.98. The Labute approximate surface area is 182 Å². The Balaban J connectivity index is 1.48. The molecule has 2 heterocycles. The molecule has 1 amide bonds. The standard InChI is InChI=1S/C23H25N3OS2/c27-22(17-29-23(28)25-14-8-3-9-15-25)26-21(19-12-6-2-7-13-19)16-20(24-26)18-10-4-1-5-11-18/h1-2,4-7,10-13,21H,3,8-9,14-17H2/t21-/m0/s1. The van der Waals surface area contributed by atoms with Gasteiger partial charge in [0.05, 0.1) is 17.5 Å². The minimum Gasteiger partial charge on any atom is -0.358 e. The average molecular weight is 424 g/mol. The second kappa shape index (κ2) is 9.55. The van der Waals surface area contributed by atoms with Crippen LogP contribution < -0.4 is 0 Å². The second-order valence-corrected chi connectivity index (χ2v) is 8.99. The first-order valence-electron chi connectivity index (χ1n) is 10.1. The monoisotopic (exact) mass is 423 g/mol. The first-order chi connectivity index (χ1) is 14.2. The van der Waals surface area contributed by atoms with Gasteiger partial charge in [-0.15, -0.1) is 0 Å². The molecule has 4 nitrogen and oxygen atoms in total. The van der Waals surface area contributed by atoms with Crippen LogP contribution in [-0.4, -0.2) is 44.7 Å². The minimum atomic E-state index is -0.0666. The molecule has 0 bridgehead atoms. The molecule has 4 rings (SSSR count). The van der Waals surface area contributed by atoms with Crippen molar-refractivity contribution in [3.05, 3.63) is 71.8 Å². The number of rotatable bonds is 4. The largest absolute Gasteiger partial charge is 0.358 e. The molecule has 2 aliphatic rings. The van der Waals surface area contributed by atoms with Gasteiger partial charge in [0.2, 0.25) is 0 Å². The number of thioether (sulfide) groups is 1. The number of carbonyl (C=O) groups excluding carboxylic acids is 1. The van der Waals surface area contributed by atoms with Crippen molar-refractivity contribution in [3.63, 3.8) is 0 Å². The average Bonchev–Trinajstić information content (AvgIpc) is 3.25. The van der Waals surface area contributed by atoms with Crippen molar-refractivity contribution in [1.82, 2.24) is 9.91 Å². The van der Waals surface area contributed by atoms with Crippen LogP contribution in [0.4, 0.5) is 0 Å². The number of benzene rings is 2. The Morgan fingerprint density at radius 3 is 2.34 bits per heavy atom. The summed E-state index contributed by atoms with van der Waals surface area (Å²) in [5, 5.41) is 6.41. The molecule has 1 atom stereocenters. The summed E-state index contributed by atoms with van der Waals surface area (Å²) in [5.41, 5.74) is 3.13. The molecule has 1 saturated heterocycles. The molecule has 0 aliphatic carbocycles. The molecule has 150 valence electrons. The molecule has 6 heteroatoms. The fraction of sp³-hybridized carbons (Fsp3) is 0.348. The third kappa shape index (κ3) is 4.87. The smallest absolute Gasteiger partial charge is 0.253 e.